The Hall–Kier alpha value is -3.07. The lowest BCUT2D eigenvalue weighted by molar-refractivity contribution is 0.480. The molecule has 5 heteroatoms. The van der Waals surface area contributed by atoms with E-state index in [0.717, 1.165) is 11.1 Å². The minimum absolute atomic E-state index is 0.382. The summed E-state index contributed by atoms with van der Waals surface area (Å²) in [6.07, 6.45) is 1.47. The lowest BCUT2D eigenvalue weighted by atomic mass is 10.1. The smallest absolute Gasteiger partial charge is 0.155 e. The zero-order chi connectivity index (χ0) is 19.4. The van der Waals surface area contributed by atoms with Crippen molar-refractivity contribution in [1.29, 1.82) is 10.5 Å². The van der Waals surface area contributed by atoms with E-state index in [2.05, 4.69) is 0 Å². The normalized spacial score (nSPS) is 12.3. The quantitative estimate of drug-likeness (QED) is 0.611. The molecule has 1 aromatic heterocycles. The van der Waals surface area contributed by atoms with E-state index in [1.54, 1.807) is 12.1 Å². The van der Waals surface area contributed by atoms with Gasteiger partial charge >= 0.3 is 0 Å². The SMILES string of the molecule is Cc1ccc(P(=O)(c2ccc(C)cc2)C(c2ccco2)C(C#N)C#N)cc1. The van der Waals surface area contributed by atoms with E-state index >= 15 is 0 Å². The van der Waals surface area contributed by atoms with Crippen LogP contribution in [0.2, 0.25) is 0 Å². The summed E-state index contributed by atoms with van der Waals surface area (Å²) in [5, 5.41) is 20.4. The monoisotopic (exact) mass is 374 g/mol. The number of hydrogen-bond acceptors (Lipinski definition) is 4. The Bertz CT molecular complexity index is 976. The van der Waals surface area contributed by atoms with Crippen molar-refractivity contribution in [3.63, 3.8) is 0 Å². The van der Waals surface area contributed by atoms with Gasteiger partial charge in [-0.05, 0) is 26.0 Å². The number of rotatable bonds is 5. The molecule has 2 aromatic carbocycles. The molecule has 27 heavy (non-hydrogen) atoms. The van der Waals surface area contributed by atoms with Gasteiger partial charge in [0.25, 0.3) is 0 Å². The van der Waals surface area contributed by atoms with Gasteiger partial charge in [0.1, 0.15) is 11.4 Å². The zero-order valence-electron chi connectivity index (χ0n) is 15.2. The molecule has 4 nitrogen and oxygen atoms in total. The summed E-state index contributed by atoms with van der Waals surface area (Å²) in [5.41, 5.74) is 1.20. The molecule has 0 spiro atoms. The van der Waals surface area contributed by atoms with Crippen molar-refractivity contribution >= 4 is 17.8 Å². The molecule has 0 aliphatic heterocycles. The third kappa shape index (κ3) is 3.45. The van der Waals surface area contributed by atoms with Gasteiger partial charge in [0.05, 0.1) is 18.4 Å². The van der Waals surface area contributed by atoms with Crippen LogP contribution in [0.15, 0.2) is 71.3 Å². The molecule has 1 unspecified atom stereocenters. The van der Waals surface area contributed by atoms with Crippen LogP contribution in [0.25, 0.3) is 0 Å². The zero-order valence-corrected chi connectivity index (χ0v) is 16.1. The Morgan fingerprint density at radius 3 is 1.70 bits per heavy atom. The average molecular weight is 374 g/mol. The summed E-state index contributed by atoms with van der Waals surface area (Å²) in [4.78, 5) is 0. The predicted molar refractivity (Wildman–Crippen MR) is 105 cm³/mol. The summed E-state index contributed by atoms with van der Waals surface area (Å²) >= 11 is 0. The van der Waals surface area contributed by atoms with Crippen molar-refractivity contribution in [2.75, 3.05) is 0 Å². The molecule has 0 aliphatic rings. The van der Waals surface area contributed by atoms with Gasteiger partial charge in [-0.25, -0.2) is 0 Å². The van der Waals surface area contributed by atoms with E-state index < -0.39 is 18.7 Å². The molecule has 1 heterocycles. The third-order valence-electron chi connectivity index (χ3n) is 4.66. The minimum Gasteiger partial charge on any atom is -0.468 e. The van der Waals surface area contributed by atoms with Gasteiger partial charge in [-0.2, -0.15) is 10.5 Å². The lowest BCUT2D eigenvalue weighted by Crippen LogP contribution is -2.25. The maximum absolute atomic E-state index is 14.6. The molecule has 0 radical (unpaired) electrons. The summed E-state index contributed by atoms with van der Waals surface area (Å²) in [6, 6.07) is 22.2. The molecular formula is C22H19N2O2P. The highest BCUT2D eigenvalue weighted by atomic mass is 31.2. The van der Waals surface area contributed by atoms with E-state index in [4.69, 9.17) is 4.42 Å². The minimum atomic E-state index is -3.39. The van der Waals surface area contributed by atoms with Crippen molar-refractivity contribution in [3.05, 3.63) is 83.8 Å². The molecule has 0 aliphatic carbocycles. The Kier molecular flexibility index (Phi) is 5.31. The first-order valence-electron chi connectivity index (χ1n) is 8.57. The van der Waals surface area contributed by atoms with Crippen LogP contribution in [0.3, 0.4) is 0 Å². The van der Waals surface area contributed by atoms with Crippen LogP contribution >= 0.6 is 7.14 Å². The Balaban J connectivity index is 2.32. The summed E-state index contributed by atoms with van der Waals surface area (Å²) in [5.74, 6) is -0.725. The van der Waals surface area contributed by atoms with Gasteiger partial charge in [0.15, 0.2) is 13.1 Å². The van der Waals surface area contributed by atoms with Gasteiger partial charge in [0, 0.05) is 10.6 Å². The highest BCUT2D eigenvalue weighted by Crippen LogP contribution is 2.60. The van der Waals surface area contributed by atoms with Crippen LogP contribution in [-0.4, -0.2) is 0 Å². The number of nitriles is 2. The van der Waals surface area contributed by atoms with Crippen LogP contribution in [0.5, 0.6) is 0 Å². The second-order valence-electron chi connectivity index (χ2n) is 6.53. The Morgan fingerprint density at radius 2 is 1.33 bits per heavy atom. The van der Waals surface area contributed by atoms with Gasteiger partial charge < -0.3 is 8.98 Å². The largest absolute Gasteiger partial charge is 0.468 e. The fourth-order valence-corrected chi connectivity index (χ4v) is 6.37. The first kappa shape index (κ1) is 18.7. The highest BCUT2D eigenvalue weighted by Gasteiger charge is 2.44. The highest BCUT2D eigenvalue weighted by molar-refractivity contribution is 7.79. The molecule has 134 valence electrons. The van der Waals surface area contributed by atoms with Crippen LogP contribution in [-0.2, 0) is 4.57 Å². The average Bonchev–Trinajstić information content (AvgIpc) is 3.20. The molecule has 0 amide bonds. The standard InChI is InChI=1S/C22H19N2O2P/c1-16-5-9-19(10-6-16)27(25,20-11-7-17(2)8-12-20)22(18(14-23)15-24)21-4-3-13-26-21/h3-13,18,22H,1-2H3. The summed E-state index contributed by atoms with van der Waals surface area (Å²) in [6.45, 7) is 3.91. The molecule has 3 rings (SSSR count). The number of nitrogens with zero attached hydrogens (tertiary/aromatic N) is 2. The lowest BCUT2D eigenvalue weighted by Gasteiger charge is -2.28. The number of hydrogen-bond donors (Lipinski definition) is 0. The molecule has 0 bridgehead atoms. The van der Waals surface area contributed by atoms with Crippen LogP contribution < -0.4 is 10.6 Å². The topological polar surface area (TPSA) is 77.8 Å². The number of furan rings is 1. The molecule has 0 N–H and O–H groups in total. The molecule has 0 saturated carbocycles. The maximum Gasteiger partial charge on any atom is 0.155 e. The first-order valence-corrected chi connectivity index (χ1v) is 10.3. The van der Waals surface area contributed by atoms with Crippen molar-refractivity contribution in [2.24, 2.45) is 5.92 Å². The van der Waals surface area contributed by atoms with Crippen molar-refractivity contribution in [1.82, 2.24) is 0 Å². The van der Waals surface area contributed by atoms with Gasteiger partial charge in [-0.1, -0.05) is 59.7 Å². The molecule has 3 aromatic rings. The summed E-state index contributed by atoms with van der Waals surface area (Å²) in [7, 11) is -3.39. The second kappa shape index (κ2) is 7.67. The van der Waals surface area contributed by atoms with E-state index in [0.29, 0.717) is 16.4 Å². The van der Waals surface area contributed by atoms with Crippen LogP contribution in [0.4, 0.5) is 0 Å². The Labute approximate surface area is 159 Å². The number of aryl methyl sites for hydroxylation is 2. The van der Waals surface area contributed by atoms with Gasteiger partial charge in [-0.15, -0.1) is 0 Å². The fourth-order valence-electron chi connectivity index (χ4n) is 3.19. The third-order valence-corrected chi connectivity index (χ3v) is 8.12. The van der Waals surface area contributed by atoms with E-state index in [9.17, 15) is 15.1 Å². The first-order chi connectivity index (χ1) is 13.0. The molecule has 0 fully saturated rings. The van der Waals surface area contributed by atoms with Crippen molar-refractivity contribution in [2.45, 2.75) is 19.5 Å². The van der Waals surface area contributed by atoms with E-state index in [1.807, 2.05) is 74.5 Å². The number of benzene rings is 2. The second-order valence-corrected chi connectivity index (χ2v) is 9.43. The van der Waals surface area contributed by atoms with Gasteiger partial charge in [0.2, 0.25) is 0 Å². The van der Waals surface area contributed by atoms with Crippen molar-refractivity contribution in [3.8, 4) is 12.1 Å². The van der Waals surface area contributed by atoms with E-state index in [-0.39, 0.29) is 0 Å². The predicted octanol–water partition coefficient (Wildman–Crippen LogP) is 4.62. The van der Waals surface area contributed by atoms with E-state index in [1.165, 1.54) is 6.26 Å². The molecule has 1 atom stereocenters. The van der Waals surface area contributed by atoms with Crippen molar-refractivity contribution < 1.29 is 8.98 Å². The summed E-state index contributed by atoms with van der Waals surface area (Å²) < 4.78 is 20.2. The fraction of sp³-hybridized carbons (Fsp3) is 0.182. The van der Waals surface area contributed by atoms with Crippen LogP contribution in [0.1, 0.15) is 22.5 Å². The maximum atomic E-state index is 14.6. The Morgan fingerprint density at radius 1 is 0.852 bits per heavy atom. The molecule has 0 saturated heterocycles. The molecular weight excluding hydrogens is 355 g/mol. The van der Waals surface area contributed by atoms with Gasteiger partial charge in [-0.3, -0.25) is 0 Å². The van der Waals surface area contributed by atoms with Crippen LogP contribution in [0, 0.1) is 42.4 Å².